The Bertz CT molecular complexity index is 1280. The normalized spacial score (nSPS) is 18.4. The molecule has 8 nitrogen and oxygen atoms in total. The molecule has 6 rings (SSSR count). The van der Waals surface area contributed by atoms with E-state index in [-0.39, 0.29) is 12.3 Å². The smallest absolute Gasteiger partial charge is 0.329 e. The van der Waals surface area contributed by atoms with Gasteiger partial charge in [-0.25, -0.2) is 9.78 Å². The molecule has 0 atom stereocenters. The minimum Gasteiger partial charge on any atom is -0.490 e. The summed E-state index contributed by atoms with van der Waals surface area (Å²) in [4.78, 5) is 32.4. The lowest BCUT2D eigenvalue weighted by Gasteiger charge is -2.26. The summed E-state index contributed by atoms with van der Waals surface area (Å²) in [6.07, 6.45) is 6.01. The second-order valence-electron chi connectivity index (χ2n) is 9.70. The molecule has 1 aliphatic carbocycles. The van der Waals surface area contributed by atoms with E-state index in [2.05, 4.69) is 57.7 Å². The highest BCUT2D eigenvalue weighted by Crippen LogP contribution is 2.31. The first kappa shape index (κ1) is 21.9. The number of fused-ring (bicyclic) bond motifs is 1. The minimum atomic E-state index is -0.400. The van der Waals surface area contributed by atoms with Gasteiger partial charge in [-0.3, -0.25) is 19.9 Å². The first-order valence-electron chi connectivity index (χ1n) is 12.3. The molecule has 1 saturated carbocycles. The average Bonchev–Trinajstić information content (AvgIpc) is 3.39. The number of rotatable bonds is 6. The van der Waals surface area contributed by atoms with Gasteiger partial charge in [0.15, 0.2) is 0 Å². The first-order valence-corrected chi connectivity index (χ1v) is 12.3. The highest BCUT2D eigenvalue weighted by atomic mass is 16.5. The maximum atomic E-state index is 12.3. The maximum absolute atomic E-state index is 12.3. The fourth-order valence-electron chi connectivity index (χ4n) is 5.03. The number of imide groups is 1. The Labute approximate surface area is 204 Å². The van der Waals surface area contributed by atoms with Crippen LogP contribution in [0.1, 0.15) is 42.4 Å². The molecule has 0 bridgehead atoms. The lowest BCUT2D eigenvalue weighted by atomic mass is 9.96. The molecule has 3 aromatic rings. The van der Waals surface area contributed by atoms with Crippen LogP contribution in [0.4, 0.5) is 10.6 Å². The third-order valence-corrected chi connectivity index (χ3v) is 7.23. The first-order chi connectivity index (χ1) is 17.0. The molecule has 1 N–H and O–H groups in total. The second-order valence-corrected chi connectivity index (χ2v) is 9.70. The summed E-state index contributed by atoms with van der Waals surface area (Å²) in [5.74, 6) is 2.20. The number of amides is 3. The number of anilines is 1. The van der Waals surface area contributed by atoms with E-state index in [9.17, 15) is 9.59 Å². The van der Waals surface area contributed by atoms with Crippen molar-refractivity contribution in [2.45, 2.75) is 51.4 Å². The third kappa shape index (κ3) is 4.30. The molecule has 0 radical (unpaired) electrons. The Hall–Kier alpha value is -3.65. The molecule has 8 heteroatoms. The zero-order valence-corrected chi connectivity index (χ0v) is 19.9. The van der Waals surface area contributed by atoms with Gasteiger partial charge < -0.3 is 9.30 Å². The van der Waals surface area contributed by atoms with Crippen LogP contribution in [-0.4, -0.2) is 39.0 Å². The van der Waals surface area contributed by atoms with Crippen LogP contribution in [0.2, 0.25) is 0 Å². The van der Waals surface area contributed by atoms with Gasteiger partial charge in [-0.2, -0.15) is 0 Å². The monoisotopic (exact) mass is 471 g/mol. The third-order valence-electron chi connectivity index (χ3n) is 7.23. The van der Waals surface area contributed by atoms with Gasteiger partial charge in [0.1, 0.15) is 17.4 Å². The lowest BCUT2D eigenvalue weighted by Crippen LogP contribution is -2.50. The Kier molecular flexibility index (Phi) is 5.53. The van der Waals surface area contributed by atoms with Crippen molar-refractivity contribution in [2.75, 3.05) is 11.4 Å². The Morgan fingerprint density at radius 3 is 2.60 bits per heavy atom. The molecule has 0 spiro atoms. The van der Waals surface area contributed by atoms with Gasteiger partial charge in [-0.1, -0.05) is 24.3 Å². The molecule has 3 amide bonds. The van der Waals surface area contributed by atoms with E-state index in [1.54, 1.807) is 11.1 Å². The molecule has 35 heavy (non-hydrogen) atoms. The van der Waals surface area contributed by atoms with E-state index in [1.165, 1.54) is 36.0 Å². The number of carbonyl (C=O) groups excluding carboxylic acids is 2. The number of imidazole rings is 1. The van der Waals surface area contributed by atoms with Gasteiger partial charge in [0.2, 0.25) is 5.91 Å². The van der Waals surface area contributed by atoms with Crippen LogP contribution in [0.25, 0.3) is 11.4 Å². The predicted octanol–water partition coefficient (Wildman–Crippen LogP) is 3.98. The molecule has 180 valence electrons. The standard InChI is InChI=1S/C27H29N5O3/c1-30-25(32-12-11-24(33)29-27(32)34)14-28-26(30)19-7-8-20-16-31(17-21(20)13-19)15-18-5-9-23(10-6-18)35-22-3-2-4-22/h5-10,13-14,22H,2-4,11-12,15-17H2,1H3,(H,29,33,34). The van der Waals surface area contributed by atoms with E-state index < -0.39 is 6.03 Å². The summed E-state index contributed by atoms with van der Waals surface area (Å²) < 4.78 is 7.89. The van der Waals surface area contributed by atoms with E-state index in [0.717, 1.165) is 36.8 Å². The van der Waals surface area contributed by atoms with Crippen molar-refractivity contribution in [3.8, 4) is 17.1 Å². The summed E-state index contributed by atoms with van der Waals surface area (Å²) in [7, 11) is 1.90. The summed E-state index contributed by atoms with van der Waals surface area (Å²) in [5.41, 5.74) is 4.94. The van der Waals surface area contributed by atoms with E-state index in [1.807, 2.05) is 11.6 Å². The van der Waals surface area contributed by atoms with Crippen LogP contribution in [0.15, 0.2) is 48.7 Å². The van der Waals surface area contributed by atoms with Crippen molar-refractivity contribution >= 4 is 17.8 Å². The highest BCUT2D eigenvalue weighted by Gasteiger charge is 2.28. The van der Waals surface area contributed by atoms with Crippen LogP contribution in [0.3, 0.4) is 0 Å². The van der Waals surface area contributed by atoms with Gasteiger partial charge in [-0.15, -0.1) is 0 Å². The predicted molar refractivity (Wildman–Crippen MR) is 132 cm³/mol. The van der Waals surface area contributed by atoms with Crippen molar-refractivity contribution in [1.29, 1.82) is 0 Å². The number of nitrogens with one attached hydrogen (secondary N) is 1. The van der Waals surface area contributed by atoms with Crippen LogP contribution in [-0.2, 0) is 31.5 Å². The van der Waals surface area contributed by atoms with Crippen LogP contribution < -0.4 is 15.0 Å². The number of hydrogen-bond donors (Lipinski definition) is 1. The van der Waals surface area contributed by atoms with Gasteiger partial charge in [0.05, 0.1) is 12.3 Å². The van der Waals surface area contributed by atoms with Crippen LogP contribution in [0, 0.1) is 0 Å². The summed E-state index contributed by atoms with van der Waals surface area (Å²) in [5, 5.41) is 2.37. The minimum absolute atomic E-state index is 0.241. The van der Waals surface area contributed by atoms with E-state index >= 15 is 0 Å². The molecule has 0 unspecified atom stereocenters. The quantitative estimate of drug-likeness (QED) is 0.588. The van der Waals surface area contributed by atoms with Gasteiger partial charge in [-0.05, 0) is 54.2 Å². The number of hydrogen-bond acceptors (Lipinski definition) is 5. The van der Waals surface area contributed by atoms with Crippen molar-refractivity contribution in [3.63, 3.8) is 0 Å². The largest absolute Gasteiger partial charge is 0.490 e. The fraction of sp³-hybridized carbons (Fsp3) is 0.370. The summed E-state index contributed by atoms with van der Waals surface area (Å²) in [6.45, 7) is 3.06. The molecular weight excluding hydrogens is 442 g/mol. The van der Waals surface area contributed by atoms with E-state index in [0.29, 0.717) is 18.5 Å². The number of aromatic nitrogens is 2. The van der Waals surface area contributed by atoms with Crippen LogP contribution in [0.5, 0.6) is 5.75 Å². The van der Waals surface area contributed by atoms with Gasteiger partial charge in [0.25, 0.3) is 0 Å². The lowest BCUT2D eigenvalue weighted by molar-refractivity contribution is -0.120. The van der Waals surface area contributed by atoms with Crippen molar-refractivity contribution in [3.05, 3.63) is 65.4 Å². The fourth-order valence-corrected chi connectivity index (χ4v) is 5.03. The van der Waals surface area contributed by atoms with Gasteiger partial charge in [0, 0.05) is 45.2 Å². The van der Waals surface area contributed by atoms with Crippen molar-refractivity contribution < 1.29 is 14.3 Å². The SMILES string of the molecule is Cn1c(N2CCC(=O)NC2=O)cnc1-c1ccc2c(c1)CN(Cc1ccc(OC3CCC3)cc1)C2. The summed E-state index contributed by atoms with van der Waals surface area (Å²) in [6, 6.07) is 14.6. The molecule has 2 aromatic carbocycles. The zero-order valence-electron chi connectivity index (χ0n) is 19.9. The van der Waals surface area contributed by atoms with E-state index in [4.69, 9.17) is 4.74 Å². The molecular formula is C27H29N5O3. The molecule has 1 saturated heterocycles. The van der Waals surface area contributed by atoms with Gasteiger partial charge >= 0.3 is 6.03 Å². The molecule has 2 aliphatic heterocycles. The van der Waals surface area contributed by atoms with Crippen LogP contribution >= 0.6 is 0 Å². The molecule has 1 aromatic heterocycles. The molecule has 2 fully saturated rings. The number of urea groups is 1. The summed E-state index contributed by atoms with van der Waals surface area (Å²) >= 11 is 0. The topological polar surface area (TPSA) is 79.7 Å². The molecule has 3 heterocycles. The Balaban J connectivity index is 1.13. The number of carbonyl (C=O) groups is 2. The Morgan fingerprint density at radius 2 is 1.86 bits per heavy atom. The second kappa shape index (κ2) is 8.85. The Morgan fingerprint density at radius 1 is 1.06 bits per heavy atom. The zero-order chi connectivity index (χ0) is 23.9. The van der Waals surface area contributed by atoms with Crippen molar-refractivity contribution in [2.24, 2.45) is 7.05 Å². The average molecular weight is 472 g/mol. The number of benzene rings is 2. The maximum Gasteiger partial charge on any atom is 0.329 e. The van der Waals surface area contributed by atoms with Crippen molar-refractivity contribution in [1.82, 2.24) is 19.8 Å². The highest BCUT2D eigenvalue weighted by molar-refractivity contribution is 6.05. The number of nitrogens with zero attached hydrogens (tertiary/aromatic N) is 4. The number of ether oxygens (including phenoxy) is 1. The molecule has 3 aliphatic rings.